The molecular weight excluding hydrogens is 344 g/mol. The van der Waals surface area contributed by atoms with Crippen LogP contribution in [0.25, 0.3) is 17.0 Å². The molecule has 0 saturated heterocycles. The average Bonchev–Trinajstić information content (AvgIpc) is 2.96. The summed E-state index contributed by atoms with van der Waals surface area (Å²) in [5.74, 6) is 1.59. The number of nitrogens with zero attached hydrogens (tertiary/aromatic N) is 3. The Balaban J connectivity index is 1.97. The number of hydrogen-bond acceptors (Lipinski definition) is 3. The summed E-state index contributed by atoms with van der Waals surface area (Å²) in [5, 5.41) is 4.27. The van der Waals surface area contributed by atoms with Crippen LogP contribution in [0.4, 0.5) is 11.5 Å². The van der Waals surface area contributed by atoms with E-state index in [9.17, 15) is 0 Å². The quantitative estimate of drug-likeness (QED) is 0.507. The molecular formula is C21H19ClN4. The van der Waals surface area contributed by atoms with Crippen LogP contribution in [0.1, 0.15) is 17.0 Å². The maximum atomic E-state index is 6.06. The molecule has 0 aliphatic heterocycles. The van der Waals surface area contributed by atoms with Gasteiger partial charge in [-0.1, -0.05) is 41.9 Å². The van der Waals surface area contributed by atoms with Gasteiger partial charge in [0.05, 0.1) is 0 Å². The number of aromatic nitrogens is 3. The monoisotopic (exact) mass is 362 g/mol. The van der Waals surface area contributed by atoms with Crippen molar-refractivity contribution in [1.82, 2.24) is 14.4 Å². The first-order valence-electron chi connectivity index (χ1n) is 8.48. The molecule has 0 unspecified atom stereocenters. The van der Waals surface area contributed by atoms with Crippen molar-refractivity contribution in [3.63, 3.8) is 0 Å². The van der Waals surface area contributed by atoms with Gasteiger partial charge in [-0.2, -0.15) is 0 Å². The number of halogens is 1. The number of anilines is 2. The Morgan fingerprint density at radius 2 is 1.65 bits per heavy atom. The number of benzene rings is 2. The minimum atomic E-state index is 0.684. The summed E-state index contributed by atoms with van der Waals surface area (Å²) in [6, 6.07) is 18.0. The van der Waals surface area contributed by atoms with Crippen LogP contribution in [0.15, 0.2) is 54.6 Å². The van der Waals surface area contributed by atoms with Gasteiger partial charge < -0.3 is 5.32 Å². The fourth-order valence-corrected chi connectivity index (χ4v) is 3.27. The van der Waals surface area contributed by atoms with Gasteiger partial charge in [0.25, 0.3) is 0 Å². The van der Waals surface area contributed by atoms with E-state index in [2.05, 4.69) is 46.7 Å². The number of aryl methyl sites for hydroxylation is 3. The van der Waals surface area contributed by atoms with Crippen LogP contribution >= 0.6 is 11.6 Å². The van der Waals surface area contributed by atoms with Crippen LogP contribution in [0.3, 0.4) is 0 Å². The number of fused-ring (bicyclic) bond motifs is 1. The Morgan fingerprint density at radius 1 is 0.923 bits per heavy atom. The van der Waals surface area contributed by atoms with Gasteiger partial charge in [0.2, 0.25) is 5.78 Å². The lowest BCUT2D eigenvalue weighted by Crippen LogP contribution is -2.02. The maximum absolute atomic E-state index is 6.06. The number of rotatable bonds is 3. The molecule has 2 heterocycles. The maximum Gasteiger partial charge on any atom is 0.236 e. The van der Waals surface area contributed by atoms with E-state index < -0.39 is 0 Å². The topological polar surface area (TPSA) is 42.2 Å². The Labute approximate surface area is 157 Å². The largest absolute Gasteiger partial charge is 0.339 e. The van der Waals surface area contributed by atoms with E-state index in [4.69, 9.17) is 16.6 Å². The fraction of sp³-hybridized carbons (Fsp3) is 0.143. The van der Waals surface area contributed by atoms with Gasteiger partial charge in [-0.25, -0.2) is 9.97 Å². The van der Waals surface area contributed by atoms with Crippen LogP contribution in [-0.2, 0) is 0 Å². The van der Waals surface area contributed by atoms with E-state index in [1.165, 1.54) is 5.56 Å². The number of imidazole rings is 1. The molecule has 26 heavy (non-hydrogen) atoms. The third kappa shape index (κ3) is 2.93. The first kappa shape index (κ1) is 16.6. The van der Waals surface area contributed by atoms with E-state index in [0.717, 1.165) is 34.2 Å². The zero-order valence-electron chi connectivity index (χ0n) is 14.9. The third-order valence-electron chi connectivity index (χ3n) is 4.42. The number of hydrogen-bond donors (Lipinski definition) is 1. The second-order valence-corrected chi connectivity index (χ2v) is 6.87. The first-order valence-corrected chi connectivity index (χ1v) is 8.86. The number of para-hydroxylation sites is 1. The Kier molecular flexibility index (Phi) is 4.13. The molecule has 0 fully saturated rings. The van der Waals surface area contributed by atoms with Crippen molar-refractivity contribution < 1.29 is 0 Å². The van der Waals surface area contributed by atoms with E-state index in [0.29, 0.717) is 10.8 Å². The van der Waals surface area contributed by atoms with Crippen molar-refractivity contribution >= 4 is 28.9 Å². The van der Waals surface area contributed by atoms with Crippen LogP contribution in [0, 0.1) is 20.8 Å². The molecule has 0 spiro atoms. The molecule has 2 aromatic carbocycles. The van der Waals surface area contributed by atoms with E-state index in [1.54, 1.807) is 0 Å². The summed E-state index contributed by atoms with van der Waals surface area (Å²) in [7, 11) is 0. The molecule has 4 rings (SSSR count). The van der Waals surface area contributed by atoms with Gasteiger partial charge in [0.1, 0.15) is 11.5 Å². The summed E-state index contributed by atoms with van der Waals surface area (Å²) in [6.07, 6.45) is 0. The summed E-state index contributed by atoms with van der Waals surface area (Å²) in [4.78, 5) is 9.42. The van der Waals surface area contributed by atoms with E-state index in [1.807, 2.05) is 43.3 Å². The SMILES string of the molecule is Cc1cc(C)n2c(Nc3ccccc3C)c(-c3ccc(Cl)cc3)nc2n1. The summed E-state index contributed by atoms with van der Waals surface area (Å²) >= 11 is 6.06. The molecule has 2 aromatic heterocycles. The zero-order valence-corrected chi connectivity index (χ0v) is 15.7. The van der Waals surface area contributed by atoms with Gasteiger partial charge in [-0.3, -0.25) is 4.40 Å². The van der Waals surface area contributed by atoms with Gasteiger partial charge >= 0.3 is 0 Å². The molecule has 0 atom stereocenters. The molecule has 0 aliphatic carbocycles. The predicted octanol–water partition coefficient (Wildman–Crippen LogP) is 5.72. The lowest BCUT2D eigenvalue weighted by Gasteiger charge is -2.12. The zero-order chi connectivity index (χ0) is 18.3. The minimum absolute atomic E-state index is 0.684. The summed E-state index contributed by atoms with van der Waals surface area (Å²) in [5.41, 5.74) is 6.09. The van der Waals surface area contributed by atoms with E-state index >= 15 is 0 Å². The van der Waals surface area contributed by atoms with Crippen molar-refractivity contribution in [2.24, 2.45) is 0 Å². The second kappa shape index (κ2) is 6.46. The molecule has 0 bridgehead atoms. The fourth-order valence-electron chi connectivity index (χ4n) is 3.14. The number of nitrogens with one attached hydrogen (secondary N) is 1. The molecule has 0 saturated carbocycles. The van der Waals surface area contributed by atoms with E-state index in [-0.39, 0.29) is 0 Å². The molecule has 1 N–H and O–H groups in total. The Hall–Kier alpha value is -2.85. The predicted molar refractivity (Wildman–Crippen MR) is 107 cm³/mol. The van der Waals surface area contributed by atoms with Crippen molar-refractivity contribution in [3.05, 3.63) is 76.6 Å². The van der Waals surface area contributed by atoms with Crippen molar-refractivity contribution in [1.29, 1.82) is 0 Å². The molecule has 0 aliphatic rings. The highest BCUT2D eigenvalue weighted by Crippen LogP contribution is 2.33. The second-order valence-electron chi connectivity index (χ2n) is 6.43. The summed E-state index contributed by atoms with van der Waals surface area (Å²) in [6.45, 7) is 6.14. The van der Waals surface area contributed by atoms with Crippen LogP contribution < -0.4 is 5.32 Å². The highest BCUT2D eigenvalue weighted by Gasteiger charge is 2.17. The van der Waals surface area contributed by atoms with Gasteiger partial charge in [0.15, 0.2) is 0 Å². The van der Waals surface area contributed by atoms with Crippen molar-refractivity contribution in [3.8, 4) is 11.3 Å². The lowest BCUT2D eigenvalue weighted by atomic mass is 10.1. The van der Waals surface area contributed by atoms with Crippen LogP contribution in [0.5, 0.6) is 0 Å². The highest BCUT2D eigenvalue weighted by molar-refractivity contribution is 6.30. The third-order valence-corrected chi connectivity index (χ3v) is 4.67. The van der Waals surface area contributed by atoms with Gasteiger partial charge in [-0.05, 0) is 50.6 Å². The van der Waals surface area contributed by atoms with Crippen LogP contribution in [-0.4, -0.2) is 14.4 Å². The molecule has 4 nitrogen and oxygen atoms in total. The smallest absolute Gasteiger partial charge is 0.236 e. The molecule has 5 heteroatoms. The Morgan fingerprint density at radius 3 is 2.38 bits per heavy atom. The summed E-state index contributed by atoms with van der Waals surface area (Å²) < 4.78 is 2.06. The van der Waals surface area contributed by atoms with Crippen molar-refractivity contribution in [2.45, 2.75) is 20.8 Å². The normalized spacial score (nSPS) is 11.1. The molecule has 0 amide bonds. The van der Waals surface area contributed by atoms with Gasteiger partial charge in [-0.15, -0.1) is 0 Å². The first-order chi connectivity index (χ1) is 12.5. The van der Waals surface area contributed by atoms with Crippen molar-refractivity contribution in [2.75, 3.05) is 5.32 Å². The van der Waals surface area contributed by atoms with Gasteiger partial charge in [0, 0.05) is 27.7 Å². The minimum Gasteiger partial charge on any atom is -0.339 e. The molecule has 4 aromatic rings. The van der Waals surface area contributed by atoms with Crippen LogP contribution in [0.2, 0.25) is 5.02 Å². The molecule has 0 radical (unpaired) electrons. The Bertz CT molecular complexity index is 1100. The average molecular weight is 363 g/mol. The molecule has 130 valence electrons. The standard InChI is InChI=1S/C21H19ClN4/c1-13-6-4-5-7-18(13)24-20-19(16-8-10-17(22)11-9-16)25-21-23-14(2)12-15(3)26(20)21/h4-12,24H,1-3H3. The highest BCUT2D eigenvalue weighted by atomic mass is 35.5. The lowest BCUT2D eigenvalue weighted by molar-refractivity contribution is 1.02.